The minimum absolute atomic E-state index is 0.121. The summed E-state index contributed by atoms with van der Waals surface area (Å²) in [5, 5.41) is 3.09. The molecule has 2 aromatic carbocycles. The highest BCUT2D eigenvalue weighted by Crippen LogP contribution is 2.60. The molecule has 5 nitrogen and oxygen atoms in total. The zero-order valence-electron chi connectivity index (χ0n) is 18.1. The highest BCUT2D eigenvalue weighted by Gasteiger charge is 2.54. The zero-order valence-corrected chi connectivity index (χ0v) is 19.0. The van der Waals surface area contributed by atoms with Crippen molar-refractivity contribution in [2.45, 2.75) is 57.3 Å². The SMILES string of the molecule is Cc1cccc(C)c1NS(=O)(=O)c1ccc(NC(=O)C23CC4CC(CC(C4)C2)C3)cc1. The molecule has 4 bridgehead atoms. The maximum absolute atomic E-state index is 13.2. The van der Waals surface area contributed by atoms with Crippen molar-refractivity contribution in [3.8, 4) is 0 Å². The van der Waals surface area contributed by atoms with Gasteiger partial charge in [0.15, 0.2) is 0 Å². The van der Waals surface area contributed by atoms with E-state index in [1.54, 1.807) is 24.3 Å². The lowest BCUT2D eigenvalue weighted by Crippen LogP contribution is -2.51. The highest BCUT2D eigenvalue weighted by atomic mass is 32.2. The molecular weight excluding hydrogens is 408 g/mol. The van der Waals surface area contributed by atoms with E-state index in [1.165, 1.54) is 19.3 Å². The Bertz CT molecular complexity index is 1070. The van der Waals surface area contributed by atoms with Gasteiger partial charge in [0.2, 0.25) is 5.91 Å². The molecule has 4 aliphatic rings. The molecule has 0 heterocycles. The first kappa shape index (κ1) is 20.6. The van der Waals surface area contributed by atoms with Gasteiger partial charge in [0, 0.05) is 5.69 Å². The number of anilines is 2. The quantitative estimate of drug-likeness (QED) is 0.669. The third-order valence-corrected chi connectivity index (χ3v) is 9.03. The van der Waals surface area contributed by atoms with E-state index in [-0.39, 0.29) is 16.2 Å². The van der Waals surface area contributed by atoms with Gasteiger partial charge in [0.25, 0.3) is 10.0 Å². The molecule has 2 N–H and O–H groups in total. The number of aryl methyl sites for hydroxylation is 2. The fourth-order valence-electron chi connectivity index (χ4n) is 6.54. The molecule has 1 amide bonds. The molecule has 2 aromatic rings. The monoisotopic (exact) mass is 438 g/mol. The molecule has 0 unspecified atom stereocenters. The first-order valence-electron chi connectivity index (χ1n) is 11.2. The second-order valence-corrected chi connectivity index (χ2v) is 11.7. The van der Waals surface area contributed by atoms with Gasteiger partial charge in [-0.1, -0.05) is 18.2 Å². The van der Waals surface area contributed by atoms with Crippen LogP contribution in [0.3, 0.4) is 0 Å². The molecule has 164 valence electrons. The molecule has 31 heavy (non-hydrogen) atoms. The van der Waals surface area contributed by atoms with Crippen LogP contribution in [0.5, 0.6) is 0 Å². The number of rotatable bonds is 5. The summed E-state index contributed by atoms with van der Waals surface area (Å²) in [7, 11) is -3.70. The molecule has 0 atom stereocenters. The molecule has 4 fully saturated rings. The van der Waals surface area contributed by atoms with Crippen LogP contribution < -0.4 is 10.0 Å². The topological polar surface area (TPSA) is 75.3 Å². The Morgan fingerprint density at radius 1 is 0.871 bits per heavy atom. The number of amides is 1. The third kappa shape index (κ3) is 3.75. The normalized spacial score (nSPS) is 29.0. The van der Waals surface area contributed by atoms with Crippen LogP contribution in [-0.2, 0) is 14.8 Å². The lowest BCUT2D eigenvalue weighted by molar-refractivity contribution is -0.140. The van der Waals surface area contributed by atoms with E-state index in [9.17, 15) is 13.2 Å². The van der Waals surface area contributed by atoms with Crippen LogP contribution in [0.1, 0.15) is 49.7 Å². The number of sulfonamides is 1. The van der Waals surface area contributed by atoms with Crippen molar-refractivity contribution in [2.24, 2.45) is 23.2 Å². The number of benzene rings is 2. The number of nitrogens with one attached hydrogen (secondary N) is 2. The van der Waals surface area contributed by atoms with E-state index < -0.39 is 10.0 Å². The number of para-hydroxylation sites is 1. The van der Waals surface area contributed by atoms with Crippen LogP contribution in [0.15, 0.2) is 47.4 Å². The van der Waals surface area contributed by atoms with Crippen molar-refractivity contribution in [3.05, 3.63) is 53.6 Å². The molecule has 0 spiro atoms. The van der Waals surface area contributed by atoms with Gasteiger partial charge in [-0.25, -0.2) is 8.42 Å². The van der Waals surface area contributed by atoms with Gasteiger partial charge in [-0.3, -0.25) is 9.52 Å². The fraction of sp³-hybridized carbons (Fsp3) is 0.480. The predicted octanol–water partition coefficient (Wildman–Crippen LogP) is 5.26. The van der Waals surface area contributed by atoms with Gasteiger partial charge in [-0.05, 0) is 106 Å². The number of carbonyl (C=O) groups excluding carboxylic acids is 1. The van der Waals surface area contributed by atoms with Crippen LogP contribution in [0.2, 0.25) is 0 Å². The number of carbonyl (C=O) groups is 1. The molecule has 4 aliphatic carbocycles. The summed E-state index contributed by atoms with van der Waals surface area (Å²) in [6.07, 6.45) is 6.93. The van der Waals surface area contributed by atoms with E-state index in [1.807, 2.05) is 32.0 Å². The molecule has 4 saturated carbocycles. The van der Waals surface area contributed by atoms with Crippen LogP contribution in [0.25, 0.3) is 0 Å². The van der Waals surface area contributed by atoms with E-state index in [2.05, 4.69) is 10.0 Å². The second-order valence-electron chi connectivity index (χ2n) is 10.0. The Hall–Kier alpha value is -2.34. The molecule has 6 rings (SSSR count). The van der Waals surface area contributed by atoms with Crippen molar-refractivity contribution in [1.82, 2.24) is 0 Å². The summed E-state index contributed by atoms with van der Waals surface area (Å²) >= 11 is 0. The molecule has 0 saturated heterocycles. The van der Waals surface area contributed by atoms with Crippen LogP contribution in [0.4, 0.5) is 11.4 Å². The van der Waals surface area contributed by atoms with Gasteiger partial charge < -0.3 is 5.32 Å². The van der Waals surface area contributed by atoms with Crippen molar-refractivity contribution >= 4 is 27.3 Å². The molecule has 0 aliphatic heterocycles. The Morgan fingerprint density at radius 3 is 1.90 bits per heavy atom. The minimum atomic E-state index is -3.70. The van der Waals surface area contributed by atoms with Crippen molar-refractivity contribution in [3.63, 3.8) is 0 Å². The van der Waals surface area contributed by atoms with Crippen molar-refractivity contribution < 1.29 is 13.2 Å². The summed E-state index contributed by atoms with van der Waals surface area (Å²) in [5.74, 6) is 2.25. The fourth-order valence-corrected chi connectivity index (χ4v) is 7.74. The Labute approximate surface area is 184 Å². The van der Waals surface area contributed by atoms with Crippen molar-refractivity contribution in [2.75, 3.05) is 10.0 Å². The smallest absolute Gasteiger partial charge is 0.261 e. The average molecular weight is 439 g/mol. The van der Waals surface area contributed by atoms with E-state index >= 15 is 0 Å². The highest BCUT2D eigenvalue weighted by molar-refractivity contribution is 7.92. The Morgan fingerprint density at radius 2 is 1.39 bits per heavy atom. The Balaban J connectivity index is 1.31. The lowest BCUT2D eigenvalue weighted by atomic mass is 9.49. The first-order chi connectivity index (χ1) is 14.7. The molecule has 0 aromatic heterocycles. The van der Waals surface area contributed by atoms with Crippen LogP contribution in [0, 0.1) is 37.0 Å². The van der Waals surface area contributed by atoms with Gasteiger partial charge >= 0.3 is 0 Å². The Kier molecular flexibility index (Phi) is 4.88. The summed E-state index contributed by atoms with van der Waals surface area (Å²) in [5.41, 5.74) is 2.81. The average Bonchev–Trinajstić information content (AvgIpc) is 2.70. The van der Waals surface area contributed by atoms with Crippen LogP contribution >= 0.6 is 0 Å². The largest absolute Gasteiger partial charge is 0.326 e. The van der Waals surface area contributed by atoms with E-state index in [0.29, 0.717) is 29.1 Å². The van der Waals surface area contributed by atoms with Gasteiger partial charge in [-0.2, -0.15) is 0 Å². The predicted molar refractivity (Wildman–Crippen MR) is 122 cm³/mol. The van der Waals surface area contributed by atoms with E-state index in [0.717, 1.165) is 30.4 Å². The summed E-state index contributed by atoms with van der Waals surface area (Å²) in [6, 6.07) is 12.2. The van der Waals surface area contributed by atoms with Gasteiger partial charge in [0.05, 0.1) is 16.0 Å². The molecule has 0 radical (unpaired) electrons. The number of hydrogen-bond donors (Lipinski definition) is 2. The van der Waals surface area contributed by atoms with Gasteiger partial charge in [0.1, 0.15) is 0 Å². The lowest BCUT2D eigenvalue weighted by Gasteiger charge is -2.55. The number of hydrogen-bond acceptors (Lipinski definition) is 3. The second kappa shape index (κ2) is 7.37. The maximum atomic E-state index is 13.2. The first-order valence-corrected chi connectivity index (χ1v) is 12.7. The standard InChI is InChI=1S/C25H30N2O3S/c1-16-4-3-5-17(2)23(16)27-31(29,30)22-8-6-21(7-9-22)26-24(28)25-13-18-10-19(14-25)12-20(11-18)15-25/h3-9,18-20,27H,10-15H2,1-2H3,(H,26,28). The third-order valence-electron chi connectivity index (χ3n) is 7.66. The van der Waals surface area contributed by atoms with Crippen LogP contribution in [-0.4, -0.2) is 14.3 Å². The van der Waals surface area contributed by atoms with Crippen molar-refractivity contribution in [1.29, 1.82) is 0 Å². The molecular formula is C25H30N2O3S. The summed E-state index contributed by atoms with van der Waals surface area (Å²) in [4.78, 5) is 13.4. The summed E-state index contributed by atoms with van der Waals surface area (Å²) < 4.78 is 28.4. The minimum Gasteiger partial charge on any atom is -0.326 e. The van der Waals surface area contributed by atoms with Gasteiger partial charge in [-0.15, -0.1) is 0 Å². The molecule has 6 heteroatoms. The maximum Gasteiger partial charge on any atom is 0.261 e. The summed E-state index contributed by atoms with van der Waals surface area (Å²) in [6.45, 7) is 3.77. The zero-order chi connectivity index (χ0) is 21.8. The van der Waals surface area contributed by atoms with E-state index in [4.69, 9.17) is 0 Å².